The third-order valence-electron chi connectivity index (χ3n) is 3.25. The molecule has 0 spiro atoms. The van der Waals surface area contributed by atoms with Crippen LogP contribution < -0.4 is 10.6 Å². The number of anilines is 1. The minimum absolute atomic E-state index is 0.291. The zero-order chi connectivity index (χ0) is 15.9. The molecule has 0 aliphatic heterocycles. The largest absolute Gasteiger partial charge is 0.508 e. The lowest BCUT2D eigenvalue weighted by Crippen LogP contribution is -2.16. The molecular formula is C18H21ClN2O. The van der Waals surface area contributed by atoms with Gasteiger partial charge < -0.3 is 15.7 Å². The summed E-state index contributed by atoms with van der Waals surface area (Å²) in [4.78, 5) is 0. The van der Waals surface area contributed by atoms with Crippen molar-refractivity contribution >= 4 is 17.3 Å². The molecule has 0 amide bonds. The Kier molecular flexibility index (Phi) is 5.87. The Morgan fingerprint density at radius 3 is 2.55 bits per heavy atom. The van der Waals surface area contributed by atoms with Gasteiger partial charge in [0.25, 0.3) is 0 Å². The van der Waals surface area contributed by atoms with Crippen LogP contribution in [0.1, 0.15) is 18.1 Å². The van der Waals surface area contributed by atoms with Gasteiger partial charge in [0.1, 0.15) is 5.75 Å². The van der Waals surface area contributed by atoms with Crippen molar-refractivity contribution in [3.8, 4) is 5.75 Å². The van der Waals surface area contributed by atoms with E-state index in [0.717, 1.165) is 47.0 Å². The maximum absolute atomic E-state index is 9.24. The van der Waals surface area contributed by atoms with E-state index in [1.807, 2.05) is 37.3 Å². The Labute approximate surface area is 136 Å². The number of hydrogen-bond acceptors (Lipinski definition) is 3. The molecule has 0 bridgehead atoms. The molecule has 0 aliphatic rings. The highest BCUT2D eigenvalue weighted by Crippen LogP contribution is 2.22. The van der Waals surface area contributed by atoms with Crippen LogP contribution in [0.15, 0.2) is 54.7 Å². The summed E-state index contributed by atoms with van der Waals surface area (Å²) in [7, 11) is 0. The lowest BCUT2D eigenvalue weighted by molar-refractivity contribution is 0.475. The standard InChI is InChI=1S/C18H21ClN2O/c1-13(2)21-16-6-5-15(18(19)11-16)9-10-20-12-14-3-7-17(22)8-4-14/h3-8,11,20-22H,1,9-10,12H2,2H3. The van der Waals surface area contributed by atoms with E-state index in [-0.39, 0.29) is 0 Å². The summed E-state index contributed by atoms with van der Waals surface area (Å²) >= 11 is 6.30. The topological polar surface area (TPSA) is 44.3 Å². The molecule has 2 rings (SSSR count). The van der Waals surface area contributed by atoms with Gasteiger partial charge in [-0.3, -0.25) is 0 Å². The molecule has 3 N–H and O–H groups in total. The first-order valence-electron chi connectivity index (χ1n) is 7.24. The van der Waals surface area contributed by atoms with Crippen molar-refractivity contribution in [2.24, 2.45) is 0 Å². The molecule has 3 nitrogen and oxygen atoms in total. The van der Waals surface area contributed by atoms with Gasteiger partial charge in [-0.1, -0.05) is 36.4 Å². The summed E-state index contributed by atoms with van der Waals surface area (Å²) in [6.07, 6.45) is 0.865. The molecule has 0 aromatic heterocycles. The third kappa shape index (κ3) is 5.10. The molecule has 22 heavy (non-hydrogen) atoms. The van der Waals surface area contributed by atoms with Gasteiger partial charge in [0, 0.05) is 23.0 Å². The van der Waals surface area contributed by atoms with Crippen molar-refractivity contribution in [2.45, 2.75) is 19.9 Å². The van der Waals surface area contributed by atoms with Crippen LogP contribution in [0, 0.1) is 0 Å². The van der Waals surface area contributed by atoms with E-state index in [1.165, 1.54) is 0 Å². The van der Waals surface area contributed by atoms with Crippen molar-refractivity contribution in [1.29, 1.82) is 0 Å². The zero-order valence-corrected chi connectivity index (χ0v) is 13.5. The average molecular weight is 317 g/mol. The number of rotatable bonds is 7. The van der Waals surface area contributed by atoms with Gasteiger partial charge in [-0.15, -0.1) is 0 Å². The predicted molar refractivity (Wildman–Crippen MR) is 93.4 cm³/mol. The summed E-state index contributed by atoms with van der Waals surface area (Å²) < 4.78 is 0. The summed E-state index contributed by atoms with van der Waals surface area (Å²) in [5.74, 6) is 0.291. The number of phenols is 1. The van der Waals surface area contributed by atoms with E-state index in [2.05, 4.69) is 17.2 Å². The van der Waals surface area contributed by atoms with Crippen molar-refractivity contribution in [3.63, 3.8) is 0 Å². The van der Waals surface area contributed by atoms with E-state index >= 15 is 0 Å². The molecule has 0 radical (unpaired) electrons. The first-order chi connectivity index (χ1) is 10.5. The normalized spacial score (nSPS) is 10.5. The molecule has 2 aromatic carbocycles. The zero-order valence-electron chi connectivity index (χ0n) is 12.7. The number of nitrogens with one attached hydrogen (secondary N) is 2. The van der Waals surface area contributed by atoms with E-state index < -0.39 is 0 Å². The molecule has 2 aromatic rings. The average Bonchev–Trinajstić information content (AvgIpc) is 2.46. The van der Waals surface area contributed by atoms with Crippen molar-refractivity contribution in [2.75, 3.05) is 11.9 Å². The second-order valence-corrected chi connectivity index (χ2v) is 5.71. The molecule has 0 saturated carbocycles. The van der Waals surface area contributed by atoms with Gasteiger partial charge in [-0.05, 0) is 55.3 Å². The second kappa shape index (κ2) is 7.87. The van der Waals surface area contributed by atoms with Crippen molar-refractivity contribution < 1.29 is 5.11 Å². The highest BCUT2D eigenvalue weighted by Gasteiger charge is 2.02. The molecule has 0 saturated heterocycles. The molecule has 0 aliphatic carbocycles. The first kappa shape index (κ1) is 16.4. The maximum Gasteiger partial charge on any atom is 0.115 e. The predicted octanol–water partition coefficient (Wildman–Crippen LogP) is 4.32. The molecule has 0 unspecified atom stereocenters. The molecule has 4 heteroatoms. The number of phenolic OH excluding ortho intramolecular Hbond substituents is 1. The maximum atomic E-state index is 9.24. The van der Waals surface area contributed by atoms with Crippen LogP contribution in [0.25, 0.3) is 0 Å². The summed E-state index contributed by atoms with van der Waals surface area (Å²) in [6.45, 7) is 7.34. The van der Waals surface area contributed by atoms with E-state index in [1.54, 1.807) is 12.1 Å². The van der Waals surface area contributed by atoms with E-state index in [9.17, 15) is 5.11 Å². The van der Waals surface area contributed by atoms with Gasteiger partial charge in [-0.2, -0.15) is 0 Å². The molecular weight excluding hydrogens is 296 g/mol. The van der Waals surface area contributed by atoms with Gasteiger partial charge in [-0.25, -0.2) is 0 Å². The van der Waals surface area contributed by atoms with Crippen LogP contribution >= 0.6 is 11.6 Å². The fourth-order valence-corrected chi connectivity index (χ4v) is 2.42. The lowest BCUT2D eigenvalue weighted by atomic mass is 10.1. The Morgan fingerprint density at radius 1 is 1.18 bits per heavy atom. The first-order valence-corrected chi connectivity index (χ1v) is 7.62. The lowest BCUT2D eigenvalue weighted by Gasteiger charge is -2.10. The van der Waals surface area contributed by atoms with Crippen LogP contribution in [0.3, 0.4) is 0 Å². The van der Waals surface area contributed by atoms with Crippen molar-refractivity contribution in [3.05, 3.63) is 70.9 Å². The number of hydrogen-bond donors (Lipinski definition) is 3. The highest BCUT2D eigenvalue weighted by atomic mass is 35.5. The highest BCUT2D eigenvalue weighted by molar-refractivity contribution is 6.31. The van der Waals surface area contributed by atoms with E-state index in [0.29, 0.717) is 5.75 Å². The van der Waals surface area contributed by atoms with Crippen LogP contribution in [0.5, 0.6) is 5.75 Å². The van der Waals surface area contributed by atoms with Gasteiger partial charge in [0.15, 0.2) is 0 Å². The quantitative estimate of drug-likeness (QED) is 0.666. The van der Waals surface area contributed by atoms with Gasteiger partial charge in [0.2, 0.25) is 0 Å². The fraction of sp³-hybridized carbons (Fsp3) is 0.222. The Morgan fingerprint density at radius 2 is 1.91 bits per heavy atom. The number of allylic oxidation sites excluding steroid dienone is 1. The van der Waals surface area contributed by atoms with Crippen LogP contribution in [0.4, 0.5) is 5.69 Å². The van der Waals surface area contributed by atoms with Crippen LogP contribution in [-0.2, 0) is 13.0 Å². The minimum Gasteiger partial charge on any atom is -0.508 e. The van der Waals surface area contributed by atoms with Crippen molar-refractivity contribution in [1.82, 2.24) is 5.32 Å². The number of benzene rings is 2. The SMILES string of the molecule is C=C(C)Nc1ccc(CCNCc2ccc(O)cc2)c(Cl)c1. The Hall–Kier alpha value is -1.97. The fourth-order valence-electron chi connectivity index (χ4n) is 2.14. The number of aromatic hydroxyl groups is 1. The van der Waals surface area contributed by atoms with Crippen LogP contribution in [0.2, 0.25) is 5.02 Å². The molecule has 116 valence electrons. The Bertz CT molecular complexity index is 638. The summed E-state index contributed by atoms with van der Waals surface area (Å²) in [6, 6.07) is 13.2. The number of halogens is 1. The molecule has 0 atom stereocenters. The van der Waals surface area contributed by atoms with Gasteiger partial charge >= 0.3 is 0 Å². The summed E-state index contributed by atoms with van der Waals surface area (Å²) in [5.41, 5.74) is 4.11. The Balaban J connectivity index is 1.81. The monoisotopic (exact) mass is 316 g/mol. The third-order valence-corrected chi connectivity index (χ3v) is 3.60. The van der Waals surface area contributed by atoms with E-state index in [4.69, 9.17) is 11.6 Å². The second-order valence-electron chi connectivity index (χ2n) is 5.30. The molecule has 0 fully saturated rings. The molecule has 0 heterocycles. The smallest absolute Gasteiger partial charge is 0.115 e. The minimum atomic E-state index is 0.291. The summed E-state index contributed by atoms with van der Waals surface area (Å²) in [5, 5.41) is 16.5. The van der Waals surface area contributed by atoms with Crippen LogP contribution in [-0.4, -0.2) is 11.7 Å². The van der Waals surface area contributed by atoms with Gasteiger partial charge in [0.05, 0.1) is 0 Å².